The topological polar surface area (TPSA) is 84.7 Å². The standard InChI is InChI=1S/C17H12N4O2/c22-17-14(18-15-16(19-17)21-23-20-15)10-11-5-4-8-13(9-11)12-6-2-1-3-7-12/h1-9H,10H2,(H,19,21,22). The molecule has 0 spiro atoms. The number of H-pyrrole nitrogens is 1. The third-order valence-electron chi connectivity index (χ3n) is 3.61. The van der Waals surface area contributed by atoms with Crippen LogP contribution in [-0.2, 0) is 6.42 Å². The number of rotatable bonds is 3. The zero-order valence-corrected chi connectivity index (χ0v) is 12.1. The highest BCUT2D eigenvalue weighted by Gasteiger charge is 2.10. The molecule has 0 amide bonds. The predicted molar refractivity (Wildman–Crippen MR) is 84.9 cm³/mol. The van der Waals surface area contributed by atoms with Crippen molar-refractivity contribution in [3.05, 3.63) is 76.2 Å². The third-order valence-corrected chi connectivity index (χ3v) is 3.61. The zero-order chi connectivity index (χ0) is 15.6. The maximum Gasteiger partial charge on any atom is 0.271 e. The Morgan fingerprint density at radius 2 is 1.78 bits per heavy atom. The summed E-state index contributed by atoms with van der Waals surface area (Å²) >= 11 is 0. The first-order valence-corrected chi connectivity index (χ1v) is 7.15. The second-order valence-corrected chi connectivity index (χ2v) is 5.19. The Kier molecular flexibility index (Phi) is 3.20. The molecule has 6 heteroatoms. The fraction of sp³-hybridized carbons (Fsp3) is 0.0588. The summed E-state index contributed by atoms with van der Waals surface area (Å²) in [6, 6.07) is 18.1. The molecule has 4 rings (SSSR count). The average molecular weight is 304 g/mol. The fourth-order valence-corrected chi connectivity index (χ4v) is 2.50. The van der Waals surface area contributed by atoms with E-state index in [4.69, 9.17) is 0 Å². The number of benzene rings is 2. The van der Waals surface area contributed by atoms with E-state index in [1.807, 2.05) is 36.4 Å². The maximum atomic E-state index is 12.1. The lowest BCUT2D eigenvalue weighted by atomic mass is 10.0. The van der Waals surface area contributed by atoms with Gasteiger partial charge in [0.05, 0.1) is 0 Å². The Hall–Kier alpha value is -3.28. The van der Waals surface area contributed by atoms with Gasteiger partial charge in [-0.05, 0) is 27.0 Å². The predicted octanol–water partition coefficient (Wildman–Crippen LogP) is 2.56. The summed E-state index contributed by atoms with van der Waals surface area (Å²) in [4.78, 5) is 18.9. The van der Waals surface area contributed by atoms with Crippen molar-refractivity contribution in [2.75, 3.05) is 0 Å². The first kappa shape index (κ1) is 13.4. The monoisotopic (exact) mass is 304 g/mol. The van der Waals surface area contributed by atoms with Crippen LogP contribution in [0.25, 0.3) is 22.4 Å². The van der Waals surface area contributed by atoms with Crippen molar-refractivity contribution >= 4 is 11.3 Å². The van der Waals surface area contributed by atoms with Crippen molar-refractivity contribution in [3.63, 3.8) is 0 Å². The van der Waals surface area contributed by atoms with E-state index in [-0.39, 0.29) is 11.2 Å². The molecule has 0 fully saturated rings. The molecule has 0 aliphatic carbocycles. The van der Waals surface area contributed by atoms with Crippen LogP contribution in [0.3, 0.4) is 0 Å². The molecule has 0 aliphatic rings. The number of nitrogens with one attached hydrogen (secondary N) is 1. The summed E-state index contributed by atoms with van der Waals surface area (Å²) in [5.74, 6) is 0. The van der Waals surface area contributed by atoms with Gasteiger partial charge in [0.1, 0.15) is 5.69 Å². The van der Waals surface area contributed by atoms with Crippen molar-refractivity contribution in [1.82, 2.24) is 20.3 Å². The van der Waals surface area contributed by atoms with Gasteiger partial charge in [-0.3, -0.25) is 9.78 Å². The van der Waals surface area contributed by atoms with Crippen LogP contribution in [0.15, 0.2) is 64.0 Å². The van der Waals surface area contributed by atoms with E-state index in [1.165, 1.54) is 0 Å². The molecule has 4 aromatic rings. The highest BCUT2D eigenvalue weighted by Crippen LogP contribution is 2.20. The van der Waals surface area contributed by atoms with Crippen molar-refractivity contribution in [2.45, 2.75) is 6.42 Å². The quantitative estimate of drug-likeness (QED) is 0.629. The molecule has 0 saturated carbocycles. The molecule has 0 unspecified atom stereocenters. The Morgan fingerprint density at radius 3 is 2.65 bits per heavy atom. The van der Waals surface area contributed by atoms with E-state index < -0.39 is 0 Å². The number of hydrogen-bond donors (Lipinski definition) is 1. The number of fused-ring (bicyclic) bond motifs is 1. The summed E-state index contributed by atoms with van der Waals surface area (Å²) in [6.45, 7) is 0. The van der Waals surface area contributed by atoms with Crippen LogP contribution in [0.2, 0.25) is 0 Å². The minimum absolute atomic E-state index is 0.261. The van der Waals surface area contributed by atoms with Gasteiger partial charge in [0.15, 0.2) is 0 Å². The van der Waals surface area contributed by atoms with E-state index in [0.717, 1.165) is 16.7 Å². The largest absolute Gasteiger partial charge is 0.299 e. The average Bonchev–Trinajstić information content (AvgIpc) is 3.03. The molecule has 112 valence electrons. The zero-order valence-electron chi connectivity index (χ0n) is 12.1. The van der Waals surface area contributed by atoms with Gasteiger partial charge in [-0.25, -0.2) is 9.61 Å². The Labute approximate surface area is 130 Å². The smallest absolute Gasteiger partial charge is 0.271 e. The fourth-order valence-electron chi connectivity index (χ4n) is 2.50. The lowest BCUT2D eigenvalue weighted by molar-refractivity contribution is 0.314. The van der Waals surface area contributed by atoms with Crippen molar-refractivity contribution in [3.8, 4) is 11.1 Å². The molecule has 2 aromatic heterocycles. The summed E-state index contributed by atoms with van der Waals surface area (Å²) in [6.07, 6.45) is 0.415. The van der Waals surface area contributed by atoms with Crippen molar-refractivity contribution < 1.29 is 4.63 Å². The molecule has 2 heterocycles. The van der Waals surface area contributed by atoms with E-state index in [9.17, 15) is 4.79 Å². The molecular weight excluding hydrogens is 292 g/mol. The van der Waals surface area contributed by atoms with Crippen LogP contribution in [0, 0.1) is 0 Å². The number of nitrogens with zero attached hydrogens (tertiary/aromatic N) is 3. The molecule has 0 atom stereocenters. The first-order valence-electron chi connectivity index (χ1n) is 7.15. The lowest BCUT2D eigenvalue weighted by Crippen LogP contribution is -2.15. The minimum atomic E-state index is -0.279. The van der Waals surface area contributed by atoms with Crippen LogP contribution in [0.5, 0.6) is 0 Å². The highest BCUT2D eigenvalue weighted by molar-refractivity contribution is 5.64. The van der Waals surface area contributed by atoms with Gasteiger partial charge < -0.3 is 0 Å². The number of aromatic nitrogens is 4. The van der Waals surface area contributed by atoms with Gasteiger partial charge in [0, 0.05) is 6.42 Å². The highest BCUT2D eigenvalue weighted by atomic mass is 16.6. The van der Waals surface area contributed by atoms with E-state index in [2.05, 4.69) is 43.1 Å². The molecule has 0 saturated heterocycles. The van der Waals surface area contributed by atoms with Gasteiger partial charge in [0.2, 0.25) is 11.3 Å². The number of aromatic amines is 1. The molecule has 23 heavy (non-hydrogen) atoms. The Balaban J connectivity index is 1.71. The summed E-state index contributed by atoms with van der Waals surface area (Å²) in [5.41, 5.74) is 3.91. The Morgan fingerprint density at radius 1 is 0.957 bits per heavy atom. The molecule has 6 nitrogen and oxygen atoms in total. The molecule has 1 N–H and O–H groups in total. The third kappa shape index (κ3) is 2.62. The van der Waals surface area contributed by atoms with Crippen LogP contribution >= 0.6 is 0 Å². The normalized spacial score (nSPS) is 11.0. The van der Waals surface area contributed by atoms with E-state index in [1.54, 1.807) is 0 Å². The van der Waals surface area contributed by atoms with E-state index in [0.29, 0.717) is 17.8 Å². The van der Waals surface area contributed by atoms with Gasteiger partial charge in [-0.15, -0.1) is 0 Å². The summed E-state index contributed by atoms with van der Waals surface area (Å²) in [5, 5.41) is 7.24. The number of hydrogen-bond acceptors (Lipinski definition) is 5. The second-order valence-electron chi connectivity index (χ2n) is 5.19. The molecule has 0 bridgehead atoms. The SMILES string of the molecule is O=c1[nH]c2nonc2nc1Cc1cccc(-c2ccccc2)c1. The molecule has 0 radical (unpaired) electrons. The van der Waals surface area contributed by atoms with Crippen LogP contribution < -0.4 is 5.56 Å². The molecule has 0 aliphatic heterocycles. The lowest BCUT2D eigenvalue weighted by Gasteiger charge is -2.05. The minimum Gasteiger partial charge on any atom is -0.299 e. The summed E-state index contributed by atoms with van der Waals surface area (Å²) in [7, 11) is 0. The molecular formula is C17H12N4O2. The van der Waals surface area contributed by atoms with Gasteiger partial charge >= 0.3 is 0 Å². The molecule has 2 aromatic carbocycles. The van der Waals surface area contributed by atoms with Crippen LogP contribution in [-0.4, -0.2) is 20.3 Å². The van der Waals surface area contributed by atoms with Gasteiger partial charge in [-0.1, -0.05) is 54.6 Å². The van der Waals surface area contributed by atoms with Crippen LogP contribution in [0.4, 0.5) is 0 Å². The maximum absolute atomic E-state index is 12.1. The van der Waals surface area contributed by atoms with Crippen molar-refractivity contribution in [1.29, 1.82) is 0 Å². The Bertz CT molecular complexity index is 1020. The van der Waals surface area contributed by atoms with Gasteiger partial charge in [0.25, 0.3) is 5.56 Å². The van der Waals surface area contributed by atoms with E-state index >= 15 is 0 Å². The van der Waals surface area contributed by atoms with Crippen LogP contribution in [0.1, 0.15) is 11.3 Å². The van der Waals surface area contributed by atoms with Gasteiger partial charge in [-0.2, -0.15) is 0 Å². The second kappa shape index (κ2) is 5.49. The first-order chi connectivity index (χ1) is 11.3. The summed E-state index contributed by atoms with van der Waals surface area (Å²) < 4.78 is 4.57. The van der Waals surface area contributed by atoms with Crippen molar-refractivity contribution in [2.24, 2.45) is 0 Å².